The summed E-state index contributed by atoms with van der Waals surface area (Å²) in [5, 5.41) is 6.82. The molecule has 118 valence electrons. The first kappa shape index (κ1) is 15.2. The normalized spacial score (nSPS) is 19.8. The lowest BCUT2D eigenvalue weighted by atomic mass is 9.95. The van der Waals surface area contributed by atoms with Crippen molar-refractivity contribution in [2.45, 2.75) is 25.5 Å². The average molecular weight is 312 g/mol. The van der Waals surface area contributed by atoms with E-state index in [2.05, 4.69) is 10.5 Å². The molecule has 4 nitrogen and oxygen atoms in total. The molecule has 1 aliphatic heterocycles. The molecule has 2 aromatic carbocycles. The van der Waals surface area contributed by atoms with E-state index in [1.807, 2.05) is 30.3 Å². The van der Waals surface area contributed by atoms with Crippen LogP contribution >= 0.6 is 0 Å². The van der Waals surface area contributed by atoms with Gasteiger partial charge < -0.3 is 10.2 Å². The maximum atomic E-state index is 13.2. The third-order valence-corrected chi connectivity index (χ3v) is 3.79. The second-order valence-corrected chi connectivity index (χ2v) is 5.72. The van der Waals surface area contributed by atoms with Gasteiger partial charge in [0.05, 0.1) is 5.71 Å². The van der Waals surface area contributed by atoms with Crippen molar-refractivity contribution in [1.82, 2.24) is 5.32 Å². The molecule has 2 aromatic rings. The van der Waals surface area contributed by atoms with E-state index >= 15 is 0 Å². The molecule has 1 heterocycles. The molecule has 0 aliphatic carbocycles. The summed E-state index contributed by atoms with van der Waals surface area (Å²) < 4.78 is 13.2. The minimum atomic E-state index is -1.04. The van der Waals surface area contributed by atoms with Crippen LogP contribution in [-0.2, 0) is 16.2 Å². The summed E-state index contributed by atoms with van der Waals surface area (Å²) >= 11 is 0. The number of amides is 1. The number of nitrogens with zero attached hydrogens (tertiary/aromatic N) is 1. The highest BCUT2D eigenvalue weighted by Gasteiger charge is 2.42. The molecule has 3 rings (SSSR count). The summed E-state index contributed by atoms with van der Waals surface area (Å²) in [4.78, 5) is 17.8. The number of oxime groups is 1. The van der Waals surface area contributed by atoms with Gasteiger partial charge in [0.1, 0.15) is 5.82 Å². The fourth-order valence-electron chi connectivity index (χ4n) is 2.46. The van der Waals surface area contributed by atoms with Gasteiger partial charge in [-0.3, -0.25) is 4.79 Å². The highest BCUT2D eigenvalue weighted by Crippen LogP contribution is 2.26. The lowest BCUT2D eigenvalue weighted by Gasteiger charge is -2.20. The number of nitrogens with one attached hydrogen (secondary N) is 1. The Labute approximate surface area is 134 Å². The summed E-state index contributed by atoms with van der Waals surface area (Å²) in [6.07, 6.45) is 0.395. The van der Waals surface area contributed by atoms with Crippen LogP contribution in [0.2, 0.25) is 0 Å². The van der Waals surface area contributed by atoms with Crippen LogP contribution in [0.1, 0.15) is 24.5 Å². The third-order valence-electron chi connectivity index (χ3n) is 3.79. The van der Waals surface area contributed by atoms with Crippen LogP contribution in [0, 0.1) is 5.82 Å². The molecule has 1 aliphatic rings. The van der Waals surface area contributed by atoms with Gasteiger partial charge >= 0.3 is 0 Å². The Balaban J connectivity index is 1.62. The number of rotatable bonds is 4. The number of halogens is 1. The van der Waals surface area contributed by atoms with Crippen LogP contribution < -0.4 is 5.32 Å². The zero-order valence-electron chi connectivity index (χ0n) is 12.8. The van der Waals surface area contributed by atoms with E-state index < -0.39 is 5.60 Å². The van der Waals surface area contributed by atoms with E-state index in [4.69, 9.17) is 4.84 Å². The third kappa shape index (κ3) is 3.39. The lowest BCUT2D eigenvalue weighted by molar-refractivity contribution is -0.141. The van der Waals surface area contributed by atoms with E-state index in [0.717, 1.165) is 11.3 Å². The fourth-order valence-corrected chi connectivity index (χ4v) is 2.46. The van der Waals surface area contributed by atoms with Gasteiger partial charge in [-0.2, -0.15) is 0 Å². The van der Waals surface area contributed by atoms with Crippen LogP contribution in [0.4, 0.5) is 4.39 Å². The van der Waals surface area contributed by atoms with Crippen molar-refractivity contribution in [2.24, 2.45) is 5.16 Å². The molecule has 0 spiro atoms. The first-order chi connectivity index (χ1) is 11.1. The first-order valence-electron chi connectivity index (χ1n) is 7.40. The molecule has 23 heavy (non-hydrogen) atoms. The van der Waals surface area contributed by atoms with Gasteiger partial charge in [-0.1, -0.05) is 47.6 Å². The van der Waals surface area contributed by atoms with Crippen LogP contribution in [0.25, 0.3) is 0 Å². The SMILES string of the molecule is C[C@]1(C(=O)NCc2cccc(F)c2)CC(c2ccccc2)=NO1. The van der Waals surface area contributed by atoms with E-state index in [0.29, 0.717) is 12.0 Å². The quantitative estimate of drug-likeness (QED) is 0.943. The Kier molecular flexibility index (Phi) is 4.10. The van der Waals surface area contributed by atoms with Crippen molar-refractivity contribution in [1.29, 1.82) is 0 Å². The molecule has 1 atom stereocenters. The van der Waals surface area contributed by atoms with Gasteiger partial charge in [-0.25, -0.2) is 4.39 Å². The summed E-state index contributed by atoms with van der Waals surface area (Å²) in [7, 11) is 0. The molecule has 5 heteroatoms. The number of hydrogen-bond donors (Lipinski definition) is 1. The van der Waals surface area contributed by atoms with E-state index in [1.165, 1.54) is 12.1 Å². The number of carbonyl (C=O) groups is 1. The zero-order valence-corrected chi connectivity index (χ0v) is 12.8. The van der Waals surface area contributed by atoms with Crippen molar-refractivity contribution in [3.8, 4) is 0 Å². The molecular formula is C18H17FN2O2. The average Bonchev–Trinajstić information content (AvgIpc) is 2.97. The lowest BCUT2D eigenvalue weighted by Crippen LogP contribution is -2.44. The van der Waals surface area contributed by atoms with E-state index in [9.17, 15) is 9.18 Å². The Morgan fingerprint density at radius 1 is 1.26 bits per heavy atom. The minimum Gasteiger partial charge on any atom is -0.379 e. The highest BCUT2D eigenvalue weighted by atomic mass is 19.1. The zero-order chi connectivity index (χ0) is 16.3. The molecule has 0 unspecified atom stereocenters. The Hall–Kier alpha value is -2.69. The first-order valence-corrected chi connectivity index (χ1v) is 7.40. The van der Waals surface area contributed by atoms with Gasteiger partial charge in [0, 0.05) is 13.0 Å². The minimum absolute atomic E-state index is 0.246. The van der Waals surface area contributed by atoms with Crippen LogP contribution in [0.15, 0.2) is 59.8 Å². The smallest absolute Gasteiger partial charge is 0.267 e. The molecule has 1 amide bonds. The van der Waals surface area contributed by atoms with Gasteiger partial charge in [0.25, 0.3) is 5.91 Å². The van der Waals surface area contributed by atoms with Crippen LogP contribution in [0.5, 0.6) is 0 Å². The molecule has 0 saturated heterocycles. The molecule has 0 saturated carbocycles. The Bertz CT molecular complexity index is 746. The number of hydrogen-bond acceptors (Lipinski definition) is 3. The second kappa shape index (κ2) is 6.20. The summed E-state index contributed by atoms with van der Waals surface area (Å²) in [6.45, 7) is 1.95. The Morgan fingerprint density at radius 2 is 2.04 bits per heavy atom. The molecule has 1 N–H and O–H groups in total. The predicted octanol–water partition coefficient (Wildman–Crippen LogP) is 3.03. The summed E-state index contributed by atoms with van der Waals surface area (Å²) in [5.41, 5.74) is 1.34. The molecule has 0 bridgehead atoms. The largest absolute Gasteiger partial charge is 0.379 e. The second-order valence-electron chi connectivity index (χ2n) is 5.72. The number of benzene rings is 2. The van der Waals surface area contributed by atoms with Crippen molar-refractivity contribution in [3.05, 3.63) is 71.5 Å². The molecule has 0 fully saturated rings. The summed E-state index contributed by atoms with van der Waals surface area (Å²) in [5.74, 6) is -0.591. The predicted molar refractivity (Wildman–Crippen MR) is 85.3 cm³/mol. The molecule has 0 radical (unpaired) electrons. The molecular weight excluding hydrogens is 295 g/mol. The van der Waals surface area contributed by atoms with Gasteiger partial charge in [0.15, 0.2) is 0 Å². The van der Waals surface area contributed by atoms with Crippen molar-refractivity contribution >= 4 is 11.6 Å². The highest BCUT2D eigenvalue weighted by molar-refractivity contribution is 6.05. The van der Waals surface area contributed by atoms with Crippen molar-refractivity contribution < 1.29 is 14.0 Å². The van der Waals surface area contributed by atoms with E-state index in [-0.39, 0.29) is 18.3 Å². The maximum Gasteiger partial charge on any atom is 0.267 e. The van der Waals surface area contributed by atoms with Crippen molar-refractivity contribution in [3.63, 3.8) is 0 Å². The standard InChI is InChI=1S/C18H17FN2O2/c1-18(11-16(21-23-18)14-7-3-2-4-8-14)17(22)20-12-13-6-5-9-15(19)10-13/h2-10H,11-12H2,1H3,(H,20,22)/t18-/m1/s1. The fraction of sp³-hybridized carbons (Fsp3) is 0.222. The monoisotopic (exact) mass is 312 g/mol. The topological polar surface area (TPSA) is 50.7 Å². The Morgan fingerprint density at radius 3 is 2.78 bits per heavy atom. The van der Waals surface area contributed by atoms with E-state index in [1.54, 1.807) is 19.1 Å². The van der Waals surface area contributed by atoms with Crippen LogP contribution in [0.3, 0.4) is 0 Å². The summed E-state index contributed by atoms with van der Waals surface area (Å²) in [6, 6.07) is 15.7. The van der Waals surface area contributed by atoms with Crippen molar-refractivity contribution in [2.75, 3.05) is 0 Å². The van der Waals surface area contributed by atoms with Gasteiger partial charge in [-0.15, -0.1) is 0 Å². The number of carbonyl (C=O) groups excluding carboxylic acids is 1. The molecule has 0 aromatic heterocycles. The van der Waals surface area contributed by atoms with Gasteiger partial charge in [0.2, 0.25) is 5.60 Å². The van der Waals surface area contributed by atoms with Gasteiger partial charge in [-0.05, 0) is 30.2 Å². The van der Waals surface area contributed by atoms with Crippen LogP contribution in [-0.4, -0.2) is 17.2 Å². The maximum absolute atomic E-state index is 13.2.